The van der Waals surface area contributed by atoms with Crippen LogP contribution in [0.4, 0.5) is 0 Å². The molecule has 0 aliphatic heterocycles. The number of aliphatic hydroxyl groups excluding tert-OH is 1. The highest BCUT2D eigenvalue weighted by atomic mass is 79.9. The lowest BCUT2D eigenvalue weighted by Gasteiger charge is -2.11. The van der Waals surface area contributed by atoms with Crippen molar-refractivity contribution in [2.45, 2.75) is 12.5 Å². The standard InChI is InChI=1S/C16H14BrN3O/c17-12-6-7-13(18-9-12)8-15(21)14-10-19-20-16(14)11-4-2-1-3-5-11/h1-7,9-10,15,21H,8H2,(H,19,20). The molecule has 4 nitrogen and oxygen atoms in total. The first-order valence-electron chi connectivity index (χ1n) is 6.61. The number of aromatic nitrogens is 3. The second kappa shape index (κ2) is 6.20. The Morgan fingerprint density at radius 3 is 2.62 bits per heavy atom. The van der Waals surface area contributed by atoms with Crippen molar-refractivity contribution in [3.63, 3.8) is 0 Å². The van der Waals surface area contributed by atoms with Crippen molar-refractivity contribution >= 4 is 15.9 Å². The maximum Gasteiger partial charge on any atom is 0.0882 e. The summed E-state index contributed by atoms with van der Waals surface area (Å²) in [6.07, 6.45) is 3.21. The Morgan fingerprint density at radius 2 is 1.90 bits per heavy atom. The van der Waals surface area contributed by atoms with E-state index in [0.717, 1.165) is 27.0 Å². The third-order valence-corrected chi connectivity index (χ3v) is 3.75. The number of benzene rings is 1. The molecule has 0 saturated carbocycles. The van der Waals surface area contributed by atoms with E-state index >= 15 is 0 Å². The van der Waals surface area contributed by atoms with E-state index in [0.29, 0.717) is 6.42 Å². The molecule has 0 amide bonds. The summed E-state index contributed by atoms with van der Waals surface area (Å²) in [6.45, 7) is 0. The Labute approximate surface area is 131 Å². The topological polar surface area (TPSA) is 61.8 Å². The molecule has 2 aromatic heterocycles. The van der Waals surface area contributed by atoms with Gasteiger partial charge in [-0.15, -0.1) is 0 Å². The minimum Gasteiger partial charge on any atom is -0.388 e. The highest BCUT2D eigenvalue weighted by Crippen LogP contribution is 2.27. The molecule has 2 N–H and O–H groups in total. The molecule has 3 aromatic rings. The Bertz CT molecular complexity index is 710. The van der Waals surface area contributed by atoms with Crippen LogP contribution in [0.2, 0.25) is 0 Å². The Morgan fingerprint density at radius 1 is 1.10 bits per heavy atom. The molecule has 3 rings (SSSR count). The van der Waals surface area contributed by atoms with Crippen molar-refractivity contribution in [3.05, 3.63) is 70.6 Å². The van der Waals surface area contributed by atoms with Crippen molar-refractivity contribution in [3.8, 4) is 11.3 Å². The number of hydrogen-bond donors (Lipinski definition) is 2. The number of nitrogens with zero attached hydrogens (tertiary/aromatic N) is 2. The quantitative estimate of drug-likeness (QED) is 0.761. The first-order valence-corrected chi connectivity index (χ1v) is 7.40. The number of pyridine rings is 1. The smallest absolute Gasteiger partial charge is 0.0882 e. The van der Waals surface area contributed by atoms with Gasteiger partial charge in [0.25, 0.3) is 0 Å². The molecule has 1 unspecified atom stereocenters. The highest BCUT2D eigenvalue weighted by Gasteiger charge is 2.16. The highest BCUT2D eigenvalue weighted by molar-refractivity contribution is 9.10. The van der Waals surface area contributed by atoms with E-state index in [-0.39, 0.29) is 0 Å². The lowest BCUT2D eigenvalue weighted by Crippen LogP contribution is -2.03. The van der Waals surface area contributed by atoms with Gasteiger partial charge in [0.15, 0.2) is 0 Å². The maximum atomic E-state index is 10.5. The van der Waals surface area contributed by atoms with Crippen LogP contribution < -0.4 is 0 Å². The van der Waals surface area contributed by atoms with Crippen LogP contribution in [0.15, 0.2) is 59.3 Å². The summed E-state index contributed by atoms with van der Waals surface area (Å²) in [6, 6.07) is 13.7. The number of halogens is 1. The molecule has 1 atom stereocenters. The summed E-state index contributed by atoms with van der Waals surface area (Å²) in [4.78, 5) is 4.29. The van der Waals surface area contributed by atoms with Crippen molar-refractivity contribution in [1.82, 2.24) is 15.2 Å². The average Bonchev–Trinajstić information content (AvgIpc) is 3.00. The predicted octanol–water partition coefficient (Wildman–Crippen LogP) is 3.51. The van der Waals surface area contributed by atoms with Crippen molar-refractivity contribution < 1.29 is 5.11 Å². The zero-order valence-corrected chi connectivity index (χ0v) is 12.8. The fourth-order valence-corrected chi connectivity index (χ4v) is 2.45. The first kappa shape index (κ1) is 14.0. The molecule has 0 bridgehead atoms. The van der Waals surface area contributed by atoms with Crippen molar-refractivity contribution in [2.75, 3.05) is 0 Å². The summed E-state index contributed by atoms with van der Waals surface area (Å²) in [5.41, 5.74) is 3.48. The van der Waals surface area contributed by atoms with Gasteiger partial charge in [0.2, 0.25) is 0 Å². The average molecular weight is 344 g/mol. The Balaban J connectivity index is 1.84. The third-order valence-electron chi connectivity index (χ3n) is 3.28. The Hall–Kier alpha value is -1.98. The number of hydrogen-bond acceptors (Lipinski definition) is 3. The van der Waals surface area contributed by atoms with E-state index in [1.54, 1.807) is 12.4 Å². The number of rotatable bonds is 4. The molecule has 21 heavy (non-hydrogen) atoms. The number of nitrogens with one attached hydrogen (secondary N) is 1. The van der Waals surface area contributed by atoms with Crippen LogP contribution in [0.3, 0.4) is 0 Å². The molecule has 0 aliphatic rings. The van der Waals surface area contributed by atoms with E-state index in [2.05, 4.69) is 31.1 Å². The maximum absolute atomic E-state index is 10.5. The van der Waals surface area contributed by atoms with Gasteiger partial charge in [0, 0.05) is 28.3 Å². The van der Waals surface area contributed by atoms with Gasteiger partial charge >= 0.3 is 0 Å². The lowest BCUT2D eigenvalue weighted by atomic mass is 10.0. The second-order valence-corrected chi connectivity index (χ2v) is 5.67. The largest absolute Gasteiger partial charge is 0.388 e. The van der Waals surface area contributed by atoms with E-state index in [1.807, 2.05) is 42.5 Å². The summed E-state index contributed by atoms with van der Waals surface area (Å²) in [5.74, 6) is 0. The van der Waals surface area contributed by atoms with Gasteiger partial charge in [-0.25, -0.2) is 0 Å². The SMILES string of the molecule is OC(Cc1ccc(Br)cn1)c1cn[nH]c1-c1ccccc1. The predicted molar refractivity (Wildman–Crippen MR) is 84.6 cm³/mol. The molecule has 2 heterocycles. The van der Waals surface area contributed by atoms with Gasteiger partial charge in [0.05, 0.1) is 18.0 Å². The van der Waals surface area contributed by atoms with Gasteiger partial charge in [-0.2, -0.15) is 5.10 Å². The van der Waals surface area contributed by atoms with Crippen LogP contribution in [0.1, 0.15) is 17.4 Å². The van der Waals surface area contributed by atoms with Crippen LogP contribution in [0.25, 0.3) is 11.3 Å². The number of aromatic amines is 1. The van der Waals surface area contributed by atoms with Crippen LogP contribution in [-0.2, 0) is 6.42 Å². The summed E-state index contributed by atoms with van der Waals surface area (Å²) < 4.78 is 0.925. The van der Waals surface area contributed by atoms with Gasteiger partial charge in [0.1, 0.15) is 0 Å². The zero-order valence-electron chi connectivity index (χ0n) is 11.2. The van der Waals surface area contributed by atoms with Crippen LogP contribution in [0.5, 0.6) is 0 Å². The van der Waals surface area contributed by atoms with Gasteiger partial charge in [-0.3, -0.25) is 10.1 Å². The van der Waals surface area contributed by atoms with Crippen LogP contribution in [-0.4, -0.2) is 20.3 Å². The van der Waals surface area contributed by atoms with Gasteiger partial charge < -0.3 is 5.11 Å². The lowest BCUT2D eigenvalue weighted by molar-refractivity contribution is 0.178. The third kappa shape index (κ3) is 3.20. The molecule has 106 valence electrons. The van der Waals surface area contributed by atoms with Crippen molar-refractivity contribution in [1.29, 1.82) is 0 Å². The first-order chi connectivity index (χ1) is 10.2. The molecular weight excluding hydrogens is 330 g/mol. The minimum atomic E-state index is -0.646. The fraction of sp³-hybridized carbons (Fsp3) is 0.125. The summed E-state index contributed by atoms with van der Waals surface area (Å²) in [7, 11) is 0. The minimum absolute atomic E-state index is 0.451. The second-order valence-electron chi connectivity index (χ2n) is 4.75. The van der Waals surface area contributed by atoms with Gasteiger partial charge in [-0.1, -0.05) is 30.3 Å². The molecule has 1 aromatic carbocycles. The fourth-order valence-electron chi connectivity index (χ4n) is 2.22. The molecule has 5 heteroatoms. The van der Waals surface area contributed by atoms with E-state index < -0.39 is 6.10 Å². The van der Waals surface area contributed by atoms with Crippen LogP contribution >= 0.6 is 15.9 Å². The Kier molecular flexibility index (Phi) is 4.13. The zero-order chi connectivity index (χ0) is 14.7. The van der Waals surface area contributed by atoms with E-state index in [4.69, 9.17) is 0 Å². The van der Waals surface area contributed by atoms with Crippen molar-refractivity contribution in [2.24, 2.45) is 0 Å². The molecule has 0 aliphatic carbocycles. The normalized spacial score (nSPS) is 12.3. The number of aliphatic hydroxyl groups is 1. The van der Waals surface area contributed by atoms with E-state index in [9.17, 15) is 5.11 Å². The monoisotopic (exact) mass is 343 g/mol. The van der Waals surface area contributed by atoms with E-state index in [1.165, 1.54) is 0 Å². The number of H-pyrrole nitrogens is 1. The summed E-state index contributed by atoms with van der Waals surface area (Å²) >= 11 is 3.35. The molecule has 0 saturated heterocycles. The molecule has 0 radical (unpaired) electrons. The molecule has 0 spiro atoms. The summed E-state index contributed by atoms with van der Waals surface area (Å²) in [5, 5.41) is 17.5. The molecule has 0 fully saturated rings. The van der Waals surface area contributed by atoms with Gasteiger partial charge in [-0.05, 0) is 33.6 Å². The molecular formula is C16H14BrN3O. The van der Waals surface area contributed by atoms with Crippen LogP contribution in [0, 0.1) is 0 Å².